The van der Waals surface area contributed by atoms with Crippen molar-refractivity contribution in [1.82, 2.24) is 10.2 Å². The van der Waals surface area contributed by atoms with Crippen molar-refractivity contribution < 1.29 is 9.53 Å². The average Bonchev–Trinajstić information content (AvgIpc) is 3.12. The van der Waals surface area contributed by atoms with Crippen molar-refractivity contribution in [3.05, 3.63) is 29.3 Å². The number of carbonyl (C=O) groups excluding carboxylic acids is 1. The topological polar surface area (TPSA) is 41.6 Å². The predicted molar refractivity (Wildman–Crippen MR) is 107 cm³/mol. The first kappa shape index (κ1) is 19.1. The molecule has 2 saturated heterocycles. The second-order valence-corrected chi connectivity index (χ2v) is 9.08. The third kappa shape index (κ3) is 4.94. The molecule has 138 valence electrons. The molecule has 2 heterocycles. The number of benzene rings is 1. The molecular formula is C19H28N2O2S2. The van der Waals surface area contributed by atoms with Crippen LogP contribution in [0.4, 0.5) is 0 Å². The Balaban J connectivity index is 1.52. The molecule has 0 bridgehead atoms. The molecular weight excluding hydrogens is 352 g/mol. The molecule has 1 aromatic rings. The summed E-state index contributed by atoms with van der Waals surface area (Å²) in [5.41, 5.74) is 2.59. The van der Waals surface area contributed by atoms with E-state index >= 15 is 0 Å². The standard InChI is InChI=1S/C19H28N2O2S2/c1-15-3-4-16(2)17(11-15)25-12-18(22)20-13-19(5-10-24-14-19)21-6-8-23-9-7-21/h3-4,11H,5-10,12-14H2,1-2H3,(H,20,22). The number of amides is 1. The van der Waals surface area contributed by atoms with Crippen molar-refractivity contribution in [2.45, 2.75) is 30.7 Å². The number of carbonyl (C=O) groups is 1. The van der Waals surface area contributed by atoms with Crippen molar-refractivity contribution in [3.63, 3.8) is 0 Å². The zero-order chi connectivity index (χ0) is 17.7. The summed E-state index contributed by atoms with van der Waals surface area (Å²) in [6, 6.07) is 6.40. The van der Waals surface area contributed by atoms with Crippen LogP contribution < -0.4 is 5.32 Å². The number of aryl methyl sites for hydroxylation is 2. The summed E-state index contributed by atoms with van der Waals surface area (Å²) >= 11 is 3.64. The van der Waals surface area contributed by atoms with E-state index in [4.69, 9.17) is 4.74 Å². The van der Waals surface area contributed by atoms with Crippen LogP contribution in [0.3, 0.4) is 0 Å². The number of ether oxygens (including phenoxy) is 1. The van der Waals surface area contributed by atoms with E-state index in [1.165, 1.54) is 21.8 Å². The maximum absolute atomic E-state index is 12.4. The van der Waals surface area contributed by atoms with Gasteiger partial charge in [0.2, 0.25) is 5.91 Å². The number of nitrogens with zero attached hydrogens (tertiary/aromatic N) is 1. The average molecular weight is 381 g/mol. The quantitative estimate of drug-likeness (QED) is 0.769. The fourth-order valence-corrected chi connectivity index (χ4v) is 5.89. The number of hydrogen-bond donors (Lipinski definition) is 1. The highest BCUT2D eigenvalue weighted by atomic mass is 32.2. The molecule has 1 aromatic carbocycles. The lowest BCUT2D eigenvalue weighted by Crippen LogP contribution is -2.59. The van der Waals surface area contributed by atoms with Gasteiger partial charge < -0.3 is 10.1 Å². The Morgan fingerprint density at radius 1 is 1.36 bits per heavy atom. The van der Waals surface area contributed by atoms with Crippen molar-refractivity contribution >= 4 is 29.4 Å². The van der Waals surface area contributed by atoms with Gasteiger partial charge in [0.1, 0.15) is 0 Å². The number of morpholine rings is 1. The third-order valence-corrected chi connectivity index (χ3v) is 7.47. The normalized spacial score (nSPS) is 24.4. The summed E-state index contributed by atoms with van der Waals surface area (Å²) in [5.74, 6) is 2.91. The molecule has 0 radical (unpaired) electrons. The van der Waals surface area contributed by atoms with Crippen LogP contribution in [-0.4, -0.2) is 66.5 Å². The summed E-state index contributed by atoms with van der Waals surface area (Å²) in [5, 5.41) is 3.21. The number of hydrogen-bond acceptors (Lipinski definition) is 5. The highest BCUT2D eigenvalue weighted by Gasteiger charge is 2.40. The molecule has 1 amide bonds. The first-order chi connectivity index (χ1) is 12.1. The summed E-state index contributed by atoms with van der Waals surface area (Å²) in [6.45, 7) is 8.52. The Labute approximate surface area is 159 Å². The van der Waals surface area contributed by atoms with Gasteiger partial charge in [-0.3, -0.25) is 9.69 Å². The lowest BCUT2D eigenvalue weighted by molar-refractivity contribution is -0.119. The van der Waals surface area contributed by atoms with Crippen LogP contribution in [0.25, 0.3) is 0 Å². The van der Waals surface area contributed by atoms with E-state index in [1.807, 2.05) is 11.8 Å². The van der Waals surface area contributed by atoms with Crippen LogP contribution in [0.1, 0.15) is 17.5 Å². The summed E-state index contributed by atoms with van der Waals surface area (Å²) in [6.07, 6.45) is 1.15. The van der Waals surface area contributed by atoms with Crippen molar-refractivity contribution in [2.24, 2.45) is 0 Å². The van der Waals surface area contributed by atoms with Gasteiger partial charge in [0.05, 0.1) is 19.0 Å². The Bertz CT molecular complexity index is 597. The molecule has 25 heavy (non-hydrogen) atoms. The van der Waals surface area contributed by atoms with E-state index in [2.05, 4.69) is 42.3 Å². The fourth-order valence-electron chi connectivity index (χ4n) is 3.46. The largest absolute Gasteiger partial charge is 0.379 e. The Morgan fingerprint density at radius 2 is 2.16 bits per heavy atom. The lowest BCUT2D eigenvalue weighted by Gasteiger charge is -2.43. The molecule has 1 N–H and O–H groups in total. The maximum Gasteiger partial charge on any atom is 0.230 e. The minimum Gasteiger partial charge on any atom is -0.379 e. The molecule has 0 aliphatic carbocycles. The Kier molecular flexibility index (Phi) is 6.72. The van der Waals surface area contributed by atoms with E-state index in [9.17, 15) is 4.79 Å². The monoisotopic (exact) mass is 380 g/mol. The molecule has 4 nitrogen and oxygen atoms in total. The van der Waals surface area contributed by atoms with Gasteiger partial charge in [0.25, 0.3) is 0 Å². The molecule has 2 fully saturated rings. The van der Waals surface area contributed by atoms with E-state index in [0.29, 0.717) is 5.75 Å². The molecule has 1 atom stereocenters. The van der Waals surface area contributed by atoms with Crippen LogP contribution in [-0.2, 0) is 9.53 Å². The van der Waals surface area contributed by atoms with Crippen molar-refractivity contribution in [3.8, 4) is 0 Å². The van der Waals surface area contributed by atoms with Crippen molar-refractivity contribution in [2.75, 3.05) is 50.1 Å². The van der Waals surface area contributed by atoms with Crippen LogP contribution >= 0.6 is 23.5 Å². The number of nitrogens with one attached hydrogen (secondary N) is 1. The van der Waals surface area contributed by atoms with Gasteiger partial charge >= 0.3 is 0 Å². The fraction of sp³-hybridized carbons (Fsp3) is 0.632. The van der Waals surface area contributed by atoms with Gasteiger partial charge in [-0.15, -0.1) is 11.8 Å². The van der Waals surface area contributed by atoms with Gasteiger partial charge in [-0.2, -0.15) is 11.8 Å². The second kappa shape index (κ2) is 8.80. The summed E-state index contributed by atoms with van der Waals surface area (Å²) in [4.78, 5) is 16.2. The van der Waals surface area contributed by atoms with E-state index < -0.39 is 0 Å². The minimum absolute atomic E-state index is 0.119. The van der Waals surface area contributed by atoms with Crippen LogP contribution in [0.15, 0.2) is 23.1 Å². The summed E-state index contributed by atoms with van der Waals surface area (Å²) in [7, 11) is 0. The van der Waals surface area contributed by atoms with Crippen LogP contribution in [0.2, 0.25) is 0 Å². The van der Waals surface area contributed by atoms with Gasteiger partial charge in [0.15, 0.2) is 0 Å². The molecule has 0 saturated carbocycles. The minimum atomic E-state index is 0.119. The van der Waals surface area contributed by atoms with E-state index in [1.54, 1.807) is 11.8 Å². The Morgan fingerprint density at radius 3 is 2.88 bits per heavy atom. The van der Waals surface area contributed by atoms with E-state index in [0.717, 1.165) is 45.0 Å². The van der Waals surface area contributed by atoms with Gasteiger partial charge in [-0.05, 0) is 37.7 Å². The molecule has 0 aromatic heterocycles. The highest BCUT2D eigenvalue weighted by Crippen LogP contribution is 2.33. The maximum atomic E-state index is 12.4. The second-order valence-electron chi connectivity index (χ2n) is 6.96. The smallest absolute Gasteiger partial charge is 0.230 e. The summed E-state index contributed by atoms with van der Waals surface area (Å²) < 4.78 is 5.50. The van der Waals surface area contributed by atoms with Crippen LogP contribution in [0.5, 0.6) is 0 Å². The molecule has 2 aliphatic heterocycles. The van der Waals surface area contributed by atoms with Gasteiger partial charge in [-0.1, -0.05) is 17.7 Å². The number of rotatable bonds is 6. The van der Waals surface area contributed by atoms with E-state index in [-0.39, 0.29) is 11.4 Å². The first-order valence-corrected chi connectivity index (χ1v) is 11.1. The molecule has 2 aliphatic rings. The zero-order valence-electron chi connectivity index (χ0n) is 15.2. The zero-order valence-corrected chi connectivity index (χ0v) is 16.8. The Hall–Kier alpha value is -0.690. The van der Waals surface area contributed by atoms with Crippen LogP contribution in [0, 0.1) is 13.8 Å². The molecule has 0 spiro atoms. The third-order valence-electron chi connectivity index (χ3n) is 5.08. The van der Waals surface area contributed by atoms with Crippen molar-refractivity contribution in [1.29, 1.82) is 0 Å². The highest BCUT2D eigenvalue weighted by molar-refractivity contribution is 8.00. The van der Waals surface area contributed by atoms with Gasteiger partial charge in [-0.25, -0.2) is 0 Å². The predicted octanol–water partition coefficient (Wildman–Crippen LogP) is 2.72. The molecule has 1 unspecified atom stereocenters. The lowest BCUT2D eigenvalue weighted by atomic mass is 9.95. The SMILES string of the molecule is Cc1ccc(C)c(SCC(=O)NCC2(N3CCOCC3)CCSC2)c1. The number of thioether (sulfide) groups is 2. The molecule has 3 rings (SSSR count). The van der Waals surface area contributed by atoms with Gasteiger partial charge in [0, 0.05) is 35.8 Å². The first-order valence-electron chi connectivity index (χ1n) is 8.96. The molecule has 6 heteroatoms.